The number of carboxylic acids is 1. The van der Waals surface area contributed by atoms with Crippen molar-refractivity contribution in [2.75, 3.05) is 11.9 Å². The van der Waals surface area contributed by atoms with Gasteiger partial charge in [0, 0.05) is 11.1 Å². The minimum absolute atomic E-state index is 0.0998. The van der Waals surface area contributed by atoms with Gasteiger partial charge in [0.15, 0.2) is 5.78 Å². The lowest BCUT2D eigenvalue weighted by atomic mass is 9.91. The number of carbonyl (C=O) groups excluding carboxylic acids is 1. The molecule has 0 bridgehead atoms. The zero-order valence-electron chi connectivity index (χ0n) is 10.0. The highest BCUT2D eigenvalue weighted by molar-refractivity contribution is 6.23. The van der Waals surface area contributed by atoms with E-state index >= 15 is 0 Å². The summed E-state index contributed by atoms with van der Waals surface area (Å²) in [6.07, 6.45) is 3.31. The molecule has 94 valence electrons. The number of allylic oxidation sites excluding steroid dienone is 1. The SMILES string of the molecule is O=C(O)CNc1ccc2cccc3c2c1C(=O)C=C3. The molecule has 0 heterocycles. The van der Waals surface area contributed by atoms with E-state index in [2.05, 4.69) is 5.32 Å². The van der Waals surface area contributed by atoms with Gasteiger partial charge in [-0.3, -0.25) is 9.59 Å². The molecule has 2 N–H and O–H groups in total. The fourth-order valence-electron chi connectivity index (χ4n) is 2.37. The van der Waals surface area contributed by atoms with Crippen molar-refractivity contribution in [2.45, 2.75) is 0 Å². The average molecular weight is 253 g/mol. The number of carbonyl (C=O) groups is 2. The van der Waals surface area contributed by atoms with Gasteiger partial charge in [-0.2, -0.15) is 0 Å². The minimum atomic E-state index is -0.959. The van der Waals surface area contributed by atoms with Crippen LogP contribution in [-0.2, 0) is 4.79 Å². The van der Waals surface area contributed by atoms with Crippen molar-refractivity contribution in [3.63, 3.8) is 0 Å². The maximum absolute atomic E-state index is 12.1. The Kier molecular flexibility index (Phi) is 2.56. The first-order valence-electron chi connectivity index (χ1n) is 5.90. The molecule has 0 spiro atoms. The maximum atomic E-state index is 12.1. The van der Waals surface area contributed by atoms with E-state index < -0.39 is 5.97 Å². The lowest BCUT2D eigenvalue weighted by Gasteiger charge is -2.16. The number of hydrogen-bond donors (Lipinski definition) is 2. The van der Waals surface area contributed by atoms with Gasteiger partial charge in [-0.25, -0.2) is 0 Å². The van der Waals surface area contributed by atoms with Crippen molar-refractivity contribution in [3.05, 3.63) is 47.5 Å². The summed E-state index contributed by atoms with van der Waals surface area (Å²) in [6, 6.07) is 9.46. The third-order valence-electron chi connectivity index (χ3n) is 3.17. The second-order valence-corrected chi connectivity index (χ2v) is 4.38. The summed E-state index contributed by atoms with van der Waals surface area (Å²) in [7, 11) is 0. The van der Waals surface area contributed by atoms with Crippen molar-refractivity contribution < 1.29 is 14.7 Å². The number of benzene rings is 2. The van der Waals surface area contributed by atoms with Crippen LogP contribution >= 0.6 is 0 Å². The molecule has 0 fully saturated rings. The van der Waals surface area contributed by atoms with Gasteiger partial charge in [0.25, 0.3) is 0 Å². The van der Waals surface area contributed by atoms with E-state index in [0.29, 0.717) is 11.3 Å². The molecule has 2 aromatic carbocycles. The van der Waals surface area contributed by atoms with Crippen LogP contribution in [0, 0.1) is 0 Å². The number of carboxylic acid groups (broad SMARTS) is 1. The molecule has 0 saturated heterocycles. The Bertz CT molecular complexity index is 731. The molecule has 4 nitrogen and oxygen atoms in total. The van der Waals surface area contributed by atoms with E-state index in [4.69, 9.17) is 5.11 Å². The number of aliphatic carboxylic acids is 1. The Hall–Kier alpha value is -2.62. The highest BCUT2D eigenvalue weighted by Gasteiger charge is 2.18. The van der Waals surface area contributed by atoms with Gasteiger partial charge in [0.1, 0.15) is 6.54 Å². The van der Waals surface area contributed by atoms with Crippen LogP contribution in [0.15, 0.2) is 36.4 Å². The number of anilines is 1. The van der Waals surface area contributed by atoms with Crippen molar-refractivity contribution in [2.24, 2.45) is 0 Å². The Labute approximate surface area is 109 Å². The summed E-state index contributed by atoms with van der Waals surface area (Å²) >= 11 is 0. The maximum Gasteiger partial charge on any atom is 0.322 e. The molecule has 19 heavy (non-hydrogen) atoms. The quantitative estimate of drug-likeness (QED) is 0.882. The molecular formula is C15H11NO3. The highest BCUT2D eigenvalue weighted by Crippen LogP contribution is 2.33. The normalized spacial score (nSPS) is 12.7. The minimum Gasteiger partial charge on any atom is -0.480 e. The largest absolute Gasteiger partial charge is 0.480 e. The molecule has 1 aliphatic carbocycles. The van der Waals surface area contributed by atoms with Crippen molar-refractivity contribution in [1.29, 1.82) is 0 Å². The van der Waals surface area contributed by atoms with Crippen molar-refractivity contribution >= 4 is 34.3 Å². The second kappa shape index (κ2) is 4.24. The summed E-state index contributed by atoms with van der Waals surface area (Å²) in [4.78, 5) is 22.7. The number of ketones is 1. The second-order valence-electron chi connectivity index (χ2n) is 4.38. The van der Waals surface area contributed by atoms with E-state index in [1.165, 1.54) is 6.08 Å². The fraction of sp³-hybridized carbons (Fsp3) is 0.0667. The number of hydrogen-bond acceptors (Lipinski definition) is 3. The molecule has 0 atom stereocenters. The van der Waals surface area contributed by atoms with Crippen molar-refractivity contribution in [3.8, 4) is 0 Å². The predicted octanol–water partition coefficient (Wildman–Crippen LogP) is 2.55. The highest BCUT2D eigenvalue weighted by atomic mass is 16.4. The zero-order valence-corrected chi connectivity index (χ0v) is 10.0. The Morgan fingerprint density at radius 2 is 2.00 bits per heavy atom. The topological polar surface area (TPSA) is 66.4 Å². The molecule has 0 amide bonds. The van der Waals surface area contributed by atoms with E-state index in [-0.39, 0.29) is 12.3 Å². The fourth-order valence-corrected chi connectivity index (χ4v) is 2.37. The first-order valence-corrected chi connectivity index (χ1v) is 5.90. The standard InChI is InChI=1S/C15H11NO3/c17-12-7-5-10-3-1-2-9-4-6-11(15(12)14(9)10)16-8-13(18)19/h1-7,16H,8H2,(H,18,19). The van der Waals surface area contributed by atoms with Gasteiger partial charge in [0.2, 0.25) is 0 Å². The van der Waals surface area contributed by atoms with E-state index in [9.17, 15) is 9.59 Å². The molecule has 0 aliphatic heterocycles. The summed E-state index contributed by atoms with van der Waals surface area (Å²) in [6.45, 7) is -0.211. The van der Waals surface area contributed by atoms with Gasteiger partial charge >= 0.3 is 5.97 Å². The molecule has 0 aromatic heterocycles. The van der Waals surface area contributed by atoms with Gasteiger partial charge in [-0.05, 0) is 23.1 Å². The van der Waals surface area contributed by atoms with Crippen LogP contribution in [0.3, 0.4) is 0 Å². The lowest BCUT2D eigenvalue weighted by Crippen LogP contribution is -2.15. The first-order chi connectivity index (χ1) is 9.16. The molecule has 2 aromatic rings. The molecule has 0 unspecified atom stereocenters. The summed E-state index contributed by atoms with van der Waals surface area (Å²) in [5.41, 5.74) is 2.10. The van der Waals surface area contributed by atoms with Gasteiger partial charge in [0.05, 0.1) is 5.56 Å². The Balaban J connectivity index is 2.22. The van der Waals surface area contributed by atoms with Crippen LogP contribution in [0.2, 0.25) is 0 Å². The van der Waals surface area contributed by atoms with Crippen LogP contribution in [-0.4, -0.2) is 23.4 Å². The summed E-state index contributed by atoms with van der Waals surface area (Å²) < 4.78 is 0. The number of nitrogens with one attached hydrogen (secondary N) is 1. The molecule has 1 aliphatic rings. The van der Waals surface area contributed by atoms with Gasteiger partial charge in [-0.1, -0.05) is 30.3 Å². The zero-order chi connectivity index (χ0) is 13.4. The van der Waals surface area contributed by atoms with E-state index in [0.717, 1.165) is 16.3 Å². The first kappa shape index (κ1) is 11.5. The monoisotopic (exact) mass is 253 g/mol. The summed E-state index contributed by atoms with van der Waals surface area (Å²) in [5.74, 6) is -1.06. The molecular weight excluding hydrogens is 242 g/mol. The Morgan fingerprint density at radius 3 is 2.79 bits per heavy atom. The van der Waals surface area contributed by atoms with Crippen LogP contribution in [0.5, 0.6) is 0 Å². The van der Waals surface area contributed by atoms with E-state index in [1.54, 1.807) is 12.1 Å². The molecule has 3 rings (SSSR count). The van der Waals surface area contributed by atoms with Gasteiger partial charge < -0.3 is 10.4 Å². The van der Waals surface area contributed by atoms with E-state index in [1.807, 2.05) is 24.3 Å². The van der Waals surface area contributed by atoms with Crippen LogP contribution < -0.4 is 5.32 Å². The third kappa shape index (κ3) is 1.87. The van der Waals surface area contributed by atoms with Crippen LogP contribution in [0.1, 0.15) is 15.9 Å². The van der Waals surface area contributed by atoms with Crippen LogP contribution in [0.4, 0.5) is 5.69 Å². The van der Waals surface area contributed by atoms with Crippen molar-refractivity contribution in [1.82, 2.24) is 0 Å². The molecule has 4 heteroatoms. The van der Waals surface area contributed by atoms with Gasteiger partial charge in [-0.15, -0.1) is 0 Å². The molecule has 0 saturated carbocycles. The lowest BCUT2D eigenvalue weighted by molar-refractivity contribution is -0.134. The number of rotatable bonds is 3. The Morgan fingerprint density at radius 1 is 1.16 bits per heavy atom. The summed E-state index contributed by atoms with van der Waals surface area (Å²) in [5, 5.41) is 13.4. The molecule has 0 radical (unpaired) electrons. The van der Waals surface area contributed by atoms with Crippen LogP contribution in [0.25, 0.3) is 16.8 Å². The smallest absolute Gasteiger partial charge is 0.322 e. The predicted molar refractivity (Wildman–Crippen MR) is 73.4 cm³/mol. The third-order valence-corrected chi connectivity index (χ3v) is 3.17. The average Bonchev–Trinajstić information content (AvgIpc) is 2.41.